The zero-order chi connectivity index (χ0) is 13.8. The van der Waals surface area contributed by atoms with Gasteiger partial charge in [-0.05, 0) is 42.3 Å². The first-order valence-electron chi connectivity index (χ1n) is 6.99. The van der Waals surface area contributed by atoms with Crippen LogP contribution in [0, 0.1) is 18.3 Å². The standard InChI is InChI=1S/C16H28N2/c1-7-18-15(9-13(3)16(4,5)6)14-8-12(2)10-17-11-14/h8,10-11,13,15,18H,7,9H2,1-6H3. The molecule has 18 heavy (non-hydrogen) atoms. The van der Waals surface area contributed by atoms with Gasteiger partial charge in [-0.25, -0.2) is 0 Å². The summed E-state index contributed by atoms with van der Waals surface area (Å²) in [6, 6.07) is 2.66. The molecule has 0 aliphatic carbocycles. The first kappa shape index (κ1) is 15.2. The van der Waals surface area contributed by atoms with E-state index in [1.807, 2.05) is 12.4 Å². The molecule has 2 atom stereocenters. The molecule has 1 aromatic rings. The average Bonchev–Trinajstić information content (AvgIpc) is 2.27. The number of aromatic nitrogens is 1. The predicted molar refractivity (Wildman–Crippen MR) is 78.6 cm³/mol. The highest BCUT2D eigenvalue weighted by atomic mass is 14.9. The number of hydrogen-bond acceptors (Lipinski definition) is 2. The molecule has 0 saturated heterocycles. The molecule has 0 fully saturated rings. The normalized spacial score (nSPS) is 15.4. The molecule has 0 aliphatic rings. The Balaban J connectivity index is 2.83. The van der Waals surface area contributed by atoms with E-state index < -0.39 is 0 Å². The molecule has 0 aromatic carbocycles. The number of hydrogen-bond donors (Lipinski definition) is 1. The van der Waals surface area contributed by atoms with Gasteiger partial charge in [0, 0.05) is 18.4 Å². The Labute approximate surface area is 112 Å². The lowest BCUT2D eigenvalue weighted by Crippen LogP contribution is -2.27. The summed E-state index contributed by atoms with van der Waals surface area (Å²) in [6.07, 6.45) is 5.07. The van der Waals surface area contributed by atoms with E-state index in [1.165, 1.54) is 11.1 Å². The van der Waals surface area contributed by atoms with Crippen molar-refractivity contribution >= 4 is 0 Å². The number of pyridine rings is 1. The Morgan fingerprint density at radius 1 is 1.28 bits per heavy atom. The summed E-state index contributed by atoms with van der Waals surface area (Å²) in [5.41, 5.74) is 2.90. The van der Waals surface area contributed by atoms with Crippen LogP contribution in [0.1, 0.15) is 58.2 Å². The maximum absolute atomic E-state index is 4.32. The highest BCUT2D eigenvalue weighted by Crippen LogP contribution is 2.33. The van der Waals surface area contributed by atoms with Gasteiger partial charge in [-0.1, -0.05) is 40.7 Å². The van der Waals surface area contributed by atoms with Gasteiger partial charge in [0.1, 0.15) is 0 Å². The highest BCUT2D eigenvalue weighted by Gasteiger charge is 2.24. The SMILES string of the molecule is CCNC(CC(C)C(C)(C)C)c1cncc(C)c1. The predicted octanol–water partition coefficient (Wildman–Crippen LogP) is 4.11. The van der Waals surface area contributed by atoms with E-state index in [9.17, 15) is 0 Å². The van der Waals surface area contributed by atoms with Gasteiger partial charge in [0.05, 0.1) is 0 Å². The molecular formula is C16H28N2. The summed E-state index contributed by atoms with van der Waals surface area (Å²) in [5.74, 6) is 0.669. The fraction of sp³-hybridized carbons (Fsp3) is 0.688. The van der Waals surface area contributed by atoms with Crippen LogP contribution in [0.3, 0.4) is 0 Å². The number of nitrogens with one attached hydrogen (secondary N) is 1. The molecule has 1 rings (SSSR count). The van der Waals surface area contributed by atoms with Gasteiger partial charge in [0.25, 0.3) is 0 Å². The third kappa shape index (κ3) is 4.41. The Hall–Kier alpha value is -0.890. The first-order chi connectivity index (χ1) is 8.34. The van der Waals surface area contributed by atoms with E-state index in [1.54, 1.807) is 0 Å². The first-order valence-corrected chi connectivity index (χ1v) is 6.99. The second-order valence-electron chi connectivity index (χ2n) is 6.41. The van der Waals surface area contributed by atoms with Gasteiger partial charge < -0.3 is 5.32 Å². The van der Waals surface area contributed by atoms with Crippen molar-refractivity contribution in [2.45, 2.75) is 54.0 Å². The zero-order valence-electron chi connectivity index (χ0n) is 12.7. The summed E-state index contributed by atoms with van der Waals surface area (Å²) in [7, 11) is 0. The maximum atomic E-state index is 4.32. The van der Waals surface area contributed by atoms with Gasteiger partial charge in [0.15, 0.2) is 0 Å². The van der Waals surface area contributed by atoms with Crippen LogP contribution in [0.4, 0.5) is 0 Å². The smallest absolute Gasteiger partial charge is 0.0338 e. The molecule has 0 bridgehead atoms. The summed E-state index contributed by atoms with van der Waals surface area (Å²) in [5, 5.41) is 3.59. The van der Waals surface area contributed by atoms with Gasteiger partial charge >= 0.3 is 0 Å². The molecule has 0 radical (unpaired) electrons. The van der Waals surface area contributed by atoms with E-state index in [0.29, 0.717) is 17.4 Å². The fourth-order valence-electron chi connectivity index (χ4n) is 2.06. The van der Waals surface area contributed by atoms with Crippen LogP contribution < -0.4 is 5.32 Å². The second-order valence-corrected chi connectivity index (χ2v) is 6.41. The third-order valence-corrected chi connectivity index (χ3v) is 3.82. The molecule has 1 heterocycles. The minimum absolute atomic E-state index is 0.352. The van der Waals surface area contributed by atoms with E-state index in [2.05, 4.69) is 57.9 Å². The molecule has 2 unspecified atom stereocenters. The molecule has 0 aliphatic heterocycles. The maximum Gasteiger partial charge on any atom is 0.0338 e. The Bertz CT molecular complexity index is 366. The number of nitrogens with zero attached hydrogens (tertiary/aromatic N) is 1. The topological polar surface area (TPSA) is 24.9 Å². The molecule has 1 aromatic heterocycles. The molecule has 102 valence electrons. The largest absolute Gasteiger partial charge is 0.310 e. The van der Waals surface area contributed by atoms with E-state index in [4.69, 9.17) is 0 Å². The van der Waals surface area contributed by atoms with E-state index in [0.717, 1.165) is 13.0 Å². The van der Waals surface area contributed by atoms with E-state index >= 15 is 0 Å². The fourth-order valence-corrected chi connectivity index (χ4v) is 2.06. The van der Waals surface area contributed by atoms with Crippen LogP contribution in [-0.4, -0.2) is 11.5 Å². The summed E-state index contributed by atoms with van der Waals surface area (Å²) < 4.78 is 0. The molecule has 2 heteroatoms. The third-order valence-electron chi connectivity index (χ3n) is 3.82. The Kier molecular flexibility index (Phi) is 5.33. The summed E-state index contributed by atoms with van der Waals surface area (Å²) in [4.78, 5) is 4.32. The molecule has 0 amide bonds. The van der Waals surface area contributed by atoms with Crippen molar-refractivity contribution in [2.24, 2.45) is 11.3 Å². The zero-order valence-corrected chi connectivity index (χ0v) is 12.7. The van der Waals surface area contributed by atoms with Gasteiger partial charge in [-0.15, -0.1) is 0 Å². The van der Waals surface area contributed by atoms with E-state index in [-0.39, 0.29) is 0 Å². The summed E-state index contributed by atoms with van der Waals surface area (Å²) in [6.45, 7) is 14.5. The van der Waals surface area contributed by atoms with Crippen molar-refractivity contribution in [2.75, 3.05) is 6.54 Å². The number of aryl methyl sites for hydroxylation is 1. The van der Waals surface area contributed by atoms with Crippen molar-refractivity contribution in [3.63, 3.8) is 0 Å². The average molecular weight is 248 g/mol. The highest BCUT2D eigenvalue weighted by molar-refractivity contribution is 5.20. The van der Waals surface area contributed by atoms with Crippen LogP contribution in [0.25, 0.3) is 0 Å². The minimum atomic E-state index is 0.352. The van der Waals surface area contributed by atoms with Gasteiger partial charge in [-0.3, -0.25) is 4.98 Å². The monoisotopic (exact) mass is 248 g/mol. The second kappa shape index (κ2) is 6.33. The minimum Gasteiger partial charge on any atom is -0.310 e. The van der Waals surface area contributed by atoms with Crippen molar-refractivity contribution in [3.05, 3.63) is 29.6 Å². The Morgan fingerprint density at radius 3 is 2.44 bits per heavy atom. The van der Waals surface area contributed by atoms with Gasteiger partial charge in [0.2, 0.25) is 0 Å². The van der Waals surface area contributed by atoms with Crippen molar-refractivity contribution < 1.29 is 0 Å². The van der Waals surface area contributed by atoms with Crippen LogP contribution in [-0.2, 0) is 0 Å². The van der Waals surface area contributed by atoms with Gasteiger partial charge in [-0.2, -0.15) is 0 Å². The molecule has 1 N–H and O–H groups in total. The quantitative estimate of drug-likeness (QED) is 0.848. The lowest BCUT2D eigenvalue weighted by molar-refractivity contribution is 0.224. The molecular weight excluding hydrogens is 220 g/mol. The van der Waals surface area contributed by atoms with Crippen LogP contribution >= 0.6 is 0 Å². The molecule has 2 nitrogen and oxygen atoms in total. The van der Waals surface area contributed by atoms with Crippen LogP contribution in [0.5, 0.6) is 0 Å². The van der Waals surface area contributed by atoms with Crippen molar-refractivity contribution in [3.8, 4) is 0 Å². The molecule has 0 spiro atoms. The Morgan fingerprint density at radius 2 is 1.94 bits per heavy atom. The van der Waals surface area contributed by atoms with Crippen LogP contribution in [0.2, 0.25) is 0 Å². The number of rotatable bonds is 5. The van der Waals surface area contributed by atoms with Crippen LogP contribution in [0.15, 0.2) is 18.5 Å². The lowest BCUT2D eigenvalue weighted by atomic mass is 9.77. The summed E-state index contributed by atoms with van der Waals surface area (Å²) >= 11 is 0. The lowest BCUT2D eigenvalue weighted by Gasteiger charge is -2.31. The molecule has 0 saturated carbocycles. The van der Waals surface area contributed by atoms with Crippen molar-refractivity contribution in [1.82, 2.24) is 10.3 Å². The van der Waals surface area contributed by atoms with Crippen molar-refractivity contribution in [1.29, 1.82) is 0 Å².